The number of ketones is 1. The van der Waals surface area contributed by atoms with E-state index >= 15 is 0 Å². The van der Waals surface area contributed by atoms with Gasteiger partial charge in [0, 0.05) is 42.9 Å². The van der Waals surface area contributed by atoms with Gasteiger partial charge in [-0.05, 0) is 36.5 Å². The molecule has 2 aliphatic heterocycles. The number of nitrogens with one attached hydrogen (secondary N) is 8. The van der Waals surface area contributed by atoms with Crippen molar-refractivity contribution in [1.29, 1.82) is 0 Å². The summed E-state index contributed by atoms with van der Waals surface area (Å²) in [6.07, 6.45) is 0.664. The van der Waals surface area contributed by atoms with Crippen LogP contribution < -0.4 is 37.2 Å². The Morgan fingerprint density at radius 2 is 1.20 bits per heavy atom. The number of Topliss-reactive ketones (excluding diaryl/α,β-unsaturated/α-hetero) is 1. The molecule has 54 heavy (non-hydrogen) atoms. The van der Waals surface area contributed by atoms with Crippen LogP contribution in [-0.2, 0) is 51.2 Å². The minimum Gasteiger partial charge on any atom is -0.361 e. The Labute approximate surface area is 311 Å². The van der Waals surface area contributed by atoms with E-state index < -0.39 is 103 Å². The minimum atomic E-state index is -1.58. The van der Waals surface area contributed by atoms with Crippen LogP contribution >= 0.6 is 0 Å². The van der Waals surface area contributed by atoms with Crippen LogP contribution in [0, 0.1) is 5.92 Å². The summed E-state index contributed by atoms with van der Waals surface area (Å²) in [6, 6.07) is 7.93. The molecule has 7 amide bonds. The molecule has 6 unspecified atom stereocenters. The van der Waals surface area contributed by atoms with E-state index in [0.717, 1.165) is 10.9 Å². The zero-order valence-corrected chi connectivity index (χ0v) is 30.3. The predicted octanol–water partition coefficient (Wildman–Crippen LogP) is -0.579. The largest absolute Gasteiger partial charge is 0.361 e. The average Bonchev–Trinajstić information content (AvgIpc) is 3.53. The van der Waals surface area contributed by atoms with Gasteiger partial charge in [0.2, 0.25) is 41.4 Å². The number of carbonyl (C=O) groups is 8. The van der Waals surface area contributed by atoms with Crippen molar-refractivity contribution in [3.63, 3.8) is 0 Å². The van der Waals surface area contributed by atoms with Crippen molar-refractivity contribution in [2.75, 3.05) is 6.54 Å². The zero-order chi connectivity index (χ0) is 38.9. The van der Waals surface area contributed by atoms with Gasteiger partial charge in [-0.2, -0.15) is 0 Å². The van der Waals surface area contributed by atoms with E-state index in [1.54, 1.807) is 36.5 Å². The second-order valence-electron chi connectivity index (χ2n) is 14.2. The van der Waals surface area contributed by atoms with Crippen molar-refractivity contribution in [3.8, 4) is 0 Å². The lowest BCUT2D eigenvalue weighted by molar-refractivity contribution is -0.138. The number of amides is 7. The summed E-state index contributed by atoms with van der Waals surface area (Å²) < 4.78 is 0. The van der Waals surface area contributed by atoms with Crippen LogP contribution in [0.5, 0.6) is 0 Å². The highest BCUT2D eigenvalue weighted by atomic mass is 16.2. The Morgan fingerprint density at radius 3 is 1.93 bits per heavy atom. The Kier molecular flexibility index (Phi) is 12.8. The first kappa shape index (κ1) is 39.2. The molecule has 2 aliphatic rings. The molecule has 3 heterocycles. The summed E-state index contributed by atoms with van der Waals surface area (Å²) in [5.74, 6) is -6.26. The van der Waals surface area contributed by atoms with E-state index in [1.165, 1.54) is 6.92 Å². The van der Waals surface area contributed by atoms with Crippen molar-refractivity contribution in [3.05, 3.63) is 71.9 Å². The molecule has 2 fully saturated rings. The number of para-hydroxylation sites is 1. The molecule has 0 spiro atoms. The number of hydrogen-bond acceptors (Lipinski definition) is 8. The smallest absolute Gasteiger partial charge is 0.245 e. The van der Waals surface area contributed by atoms with E-state index in [2.05, 4.69) is 42.2 Å². The van der Waals surface area contributed by atoms with Gasteiger partial charge < -0.3 is 42.2 Å². The maximum absolute atomic E-state index is 14.2. The van der Waals surface area contributed by atoms with E-state index in [4.69, 9.17) is 0 Å². The first-order valence-electron chi connectivity index (χ1n) is 17.9. The van der Waals surface area contributed by atoms with Gasteiger partial charge in [0.05, 0.1) is 6.42 Å². The fourth-order valence-corrected chi connectivity index (χ4v) is 6.51. The van der Waals surface area contributed by atoms with Crippen LogP contribution in [-0.4, -0.2) is 94.9 Å². The van der Waals surface area contributed by atoms with Crippen molar-refractivity contribution < 1.29 is 38.4 Å². The quantitative estimate of drug-likeness (QED) is 0.148. The Morgan fingerprint density at radius 1 is 0.648 bits per heavy atom. The van der Waals surface area contributed by atoms with Crippen molar-refractivity contribution in [2.45, 2.75) is 89.1 Å². The van der Waals surface area contributed by atoms with E-state index in [9.17, 15) is 38.4 Å². The Balaban J connectivity index is 1.59. The summed E-state index contributed by atoms with van der Waals surface area (Å²) in [7, 11) is 0. The molecule has 0 radical (unpaired) electrons. The molecule has 5 rings (SSSR count). The van der Waals surface area contributed by atoms with Gasteiger partial charge in [0.15, 0.2) is 0 Å². The monoisotopic (exact) mass is 742 g/mol. The summed E-state index contributed by atoms with van der Waals surface area (Å²) in [4.78, 5) is 112. The van der Waals surface area contributed by atoms with Gasteiger partial charge in [-0.25, -0.2) is 0 Å². The van der Waals surface area contributed by atoms with Gasteiger partial charge in [-0.1, -0.05) is 62.4 Å². The van der Waals surface area contributed by atoms with Gasteiger partial charge in [-0.3, -0.25) is 38.4 Å². The molecule has 0 saturated carbocycles. The van der Waals surface area contributed by atoms with Crippen LogP contribution in [0.2, 0.25) is 0 Å². The molecule has 6 atom stereocenters. The van der Waals surface area contributed by atoms with Crippen molar-refractivity contribution in [1.82, 2.24) is 42.2 Å². The molecule has 16 heteroatoms. The SMILES string of the molecule is CC(=O)CC1NC(=O)C(CC(C)C)NC(=O)C2CNC(=O)CC(NC1=O)C(=O)NC(Cc1c[nH]c3ccccc13)C(=O)NC(Cc1ccccc1)C(=O)N2. The third kappa shape index (κ3) is 10.3. The van der Waals surface area contributed by atoms with E-state index in [0.29, 0.717) is 11.1 Å². The summed E-state index contributed by atoms with van der Waals surface area (Å²) in [5, 5.41) is 19.1. The molecular weight excluding hydrogens is 696 g/mol. The molecule has 0 aliphatic carbocycles. The highest BCUT2D eigenvalue weighted by Crippen LogP contribution is 2.20. The maximum Gasteiger partial charge on any atom is 0.245 e. The standard InChI is InChI=1S/C38H46N8O8/c1-20(2)13-26-33(49)42-27(14-21(3)47)34(50)45-30-17-32(48)40-19-31(38(54)41-26)46-35(51)28(15-22-9-5-4-6-10-22)43-36(52)29(44-37(30)53)16-23-18-39-25-12-8-7-11-24(23)25/h4-12,18,20,26-31,39H,13-17,19H2,1-3H3,(H,40,48)(H,41,54)(H,42,49)(H,43,52)(H,44,53)(H,45,50)(H,46,51). The van der Waals surface area contributed by atoms with Crippen LogP contribution in [0.15, 0.2) is 60.8 Å². The van der Waals surface area contributed by atoms with Crippen LogP contribution in [0.4, 0.5) is 0 Å². The molecule has 1 aromatic heterocycles. The fourth-order valence-electron chi connectivity index (χ4n) is 6.51. The number of benzene rings is 2. The van der Waals surface area contributed by atoms with Crippen molar-refractivity contribution in [2.24, 2.45) is 5.92 Å². The number of aromatic amines is 1. The van der Waals surface area contributed by atoms with E-state index in [1.807, 2.05) is 38.1 Å². The molecule has 2 aromatic carbocycles. The molecular formula is C38H46N8O8. The lowest BCUT2D eigenvalue weighted by Gasteiger charge is -2.30. The lowest BCUT2D eigenvalue weighted by atomic mass is 10.00. The molecule has 286 valence electrons. The number of H-pyrrole nitrogens is 1. The first-order chi connectivity index (χ1) is 25.8. The maximum atomic E-state index is 14.2. The molecule has 8 N–H and O–H groups in total. The van der Waals surface area contributed by atoms with Crippen molar-refractivity contribution >= 4 is 58.0 Å². The van der Waals surface area contributed by atoms with Gasteiger partial charge in [-0.15, -0.1) is 0 Å². The fraction of sp³-hybridized carbons (Fsp3) is 0.421. The first-order valence-corrected chi connectivity index (χ1v) is 17.9. The summed E-state index contributed by atoms with van der Waals surface area (Å²) in [5.41, 5.74) is 2.13. The normalized spacial score (nSPS) is 24.8. The number of rotatable bonds is 8. The summed E-state index contributed by atoms with van der Waals surface area (Å²) in [6.45, 7) is 4.40. The van der Waals surface area contributed by atoms with E-state index in [-0.39, 0.29) is 25.2 Å². The van der Waals surface area contributed by atoms with Gasteiger partial charge in [0.1, 0.15) is 42.0 Å². The second kappa shape index (κ2) is 17.6. The second-order valence-corrected chi connectivity index (χ2v) is 14.2. The number of fused-ring (bicyclic) bond motifs is 6. The number of aromatic nitrogens is 1. The number of hydrogen-bond donors (Lipinski definition) is 8. The molecule has 2 saturated heterocycles. The molecule has 16 nitrogen and oxygen atoms in total. The Hall–Kier alpha value is -6.06. The zero-order valence-electron chi connectivity index (χ0n) is 30.3. The third-order valence-electron chi connectivity index (χ3n) is 9.27. The van der Waals surface area contributed by atoms with Gasteiger partial charge in [0.25, 0.3) is 0 Å². The highest BCUT2D eigenvalue weighted by molar-refractivity contribution is 6.01. The topological polar surface area (TPSA) is 237 Å². The Bertz CT molecular complexity index is 1910. The van der Waals surface area contributed by atoms with Crippen LogP contribution in [0.3, 0.4) is 0 Å². The summed E-state index contributed by atoms with van der Waals surface area (Å²) >= 11 is 0. The van der Waals surface area contributed by atoms with Gasteiger partial charge >= 0.3 is 0 Å². The van der Waals surface area contributed by atoms with Crippen LogP contribution in [0.25, 0.3) is 10.9 Å². The molecule has 2 bridgehead atoms. The lowest BCUT2D eigenvalue weighted by Crippen LogP contribution is -2.64. The highest BCUT2D eigenvalue weighted by Gasteiger charge is 2.37. The minimum absolute atomic E-state index is 0.00145. The van der Waals surface area contributed by atoms with Crippen LogP contribution in [0.1, 0.15) is 51.2 Å². The third-order valence-corrected chi connectivity index (χ3v) is 9.27. The average molecular weight is 743 g/mol. The molecule has 3 aromatic rings. The predicted molar refractivity (Wildman–Crippen MR) is 196 cm³/mol. The number of carbonyl (C=O) groups excluding carboxylic acids is 8.